The van der Waals surface area contributed by atoms with Crippen molar-refractivity contribution in [1.29, 1.82) is 0 Å². The van der Waals surface area contributed by atoms with E-state index in [4.69, 9.17) is 11.6 Å². The molecule has 2 aromatic rings. The first kappa shape index (κ1) is 8.91. The smallest absolute Gasteiger partial charge is 0.133 e. The van der Waals surface area contributed by atoms with E-state index in [0.29, 0.717) is 20.4 Å². The number of halogens is 3. The van der Waals surface area contributed by atoms with Gasteiger partial charge in [-0.15, -0.1) is 0 Å². The number of hydrogen-bond donors (Lipinski definition) is 0. The van der Waals surface area contributed by atoms with Crippen molar-refractivity contribution >= 4 is 38.4 Å². The van der Waals surface area contributed by atoms with E-state index in [9.17, 15) is 4.39 Å². The summed E-state index contributed by atoms with van der Waals surface area (Å²) in [5.41, 5.74) is 0.594. The Bertz CT molecular complexity index is 472. The van der Waals surface area contributed by atoms with Gasteiger partial charge < -0.3 is 0 Å². The lowest BCUT2D eigenvalue weighted by Crippen LogP contribution is -1.83. The Balaban J connectivity index is 2.87. The van der Waals surface area contributed by atoms with E-state index < -0.39 is 0 Å². The summed E-state index contributed by atoms with van der Waals surface area (Å²) in [5.74, 6) is -0.320. The number of pyridine rings is 1. The van der Waals surface area contributed by atoms with Crippen molar-refractivity contribution in [2.24, 2.45) is 0 Å². The zero-order valence-electron chi connectivity index (χ0n) is 6.39. The number of fused-ring (bicyclic) bond motifs is 1. The normalized spacial score (nSPS) is 10.7. The molecule has 1 heterocycles. The Morgan fingerprint density at radius 3 is 2.85 bits per heavy atom. The Hall–Kier alpha value is -0.670. The van der Waals surface area contributed by atoms with Gasteiger partial charge in [-0.1, -0.05) is 27.5 Å². The highest BCUT2D eigenvalue weighted by Crippen LogP contribution is 2.23. The molecule has 0 atom stereocenters. The second-order valence-corrected chi connectivity index (χ2v) is 3.96. The van der Waals surface area contributed by atoms with Crippen LogP contribution in [0.15, 0.2) is 28.9 Å². The molecule has 1 aromatic heterocycles. The molecule has 0 N–H and O–H groups in total. The Kier molecular flexibility index (Phi) is 2.22. The third-order valence-corrected chi connectivity index (χ3v) is 2.35. The Morgan fingerprint density at radius 2 is 2.08 bits per heavy atom. The molecule has 13 heavy (non-hydrogen) atoms. The van der Waals surface area contributed by atoms with Crippen LogP contribution in [-0.2, 0) is 0 Å². The van der Waals surface area contributed by atoms with Crippen molar-refractivity contribution in [3.8, 4) is 0 Å². The van der Waals surface area contributed by atoms with Crippen molar-refractivity contribution in [1.82, 2.24) is 4.98 Å². The monoisotopic (exact) mass is 259 g/mol. The SMILES string of the molecule is Fc1cc(Br)cc2ncc(Cl)cc12. The predicted molar refractivity (Wildman–Crippen MR) is 54.4 cm³/mol. The zero-order chi connectivity index (χ0) is 9.42. The van der Waals surface area contributed by atoms with Gasteiger partial charge in [0.15, 0.2) is 0 Å². The fraction of sp³-hybridized carbons (Fsp3) is 0. The minimum Gasteiger partial charge on any atom is -0.255 e. The first-order valence-corrected chi connectivity index (χ1v) is 4.74. The summed E-state index contributed by atoms with van der Waals surface area (Å²) in [4.78, 5) is 4.00. The van der Waals surface area contributed by atoms with Crippen LogP contribution in [0.25, 0.3) is 10.9 Å². The first-order chi connectivity index (χ1) is 6.16. The maximum absolute atomic E-state index is 13.3. The van der Waals surface area contributed by atoms with E-state index >= 15 is 0 Å². The van der Waals surface area contributed by atoms with Gasteiger partial charge in [-0.05, 0) is 18.2 Å². The number of hydrogen-bond acceptors (Lipinski definition) is 1. The Morgan fingerprint density at radius 1 is 1.31 bits per heavy atom. The molecule has 0 aliphatic carbocycles. The van der Waals surface area contributed by atoms with Crippen LogP contribution in [0.2, 0.25) is 5.02 Å². The highest BCUT2D eigenvalue weighted by Gasteiger charge is 2.03. The van der Waals surface area contributed by atoms with E-state index in [1.165, 1.54) is 12.3 Å². The van der Waals surface area contributed by atoms with Gasteiger partial charge in [0.05, 0.1) is 10.5 Å². The van der Waals surface area contributed by atoms with Crippen molar-refractivity contribution in [2.45, 2.75) is 0 Å². The molecule has 66 valence electrons. The summed E-state index contributed by atoms with van der Waals surface area (Å²) in [7, 11) is 0. The average molecular weight is 260 g/mol. The molecule has 0 unspecified atom stereocenters. The zero-order valence-corrected chi connectivity index (χ0v) is 8.73. The van der Waals surface area contributed by atoms with Gasteiger partial charge in [-0.2, -0.15) is 0 Å². The summed E-state index contributed by atoms with van der Waals surface area (Å²) in [6.45, 7) is 0. The fourth-order valence-corrected chi connectivity index (χ4v) is 1.70. The molecule has 0 radical (unpaired) electrons. The lowest BCUT2D eigenvalue weighted by molar-refractivity contribution is 0.639. The van der Waals surface area contributed by atoms with E-state index in [-0.39, 0.29) is 5.82 Å². The second-order valence-electron chi connectivity index (χ2n) is 2.61. The van der Waals surface area contributed by atoms with Gasteiger partial charge in [-0.3, -0.25) is 4.98 Å². The van der Waals surface area contributed by atoms with Crippen molar-refractivity contribution in [3.63, 3.8) is 0 Å². The molecule has 0 aliphatic rings. The van der Waals surface area contributed by atoms with Crippen LogP contribution in [0.1, 0.15) is 0 Å². The van der Waals surface area contributed by atoms with Crippen LogP contribution in [-0.4, -0.2) is 4.98 Å². The van der Waals surface area contributed by atoms with Crippen molar-refractivity contribution in [2.75, 3.05) is 0 Å². The van der Waals surface area contributed by atoms with Gasteiger partial charge >= 0.3 is 0 Å². The third kappa shape index (κ3) is 1.67. The summed E-state index contributed by atoms with van der Waals surface area (Å²) in [6, 6.07) is 4.70. The van der Waals surface area contributed by atoms with Gasteiger partial charge in [0.25, 0.3) is 0 Å². The molecule has 0 spiro atoms. The quantitative estimate of drug-likeness (QED) is 0.702. The molecule has 4 heteroatoms. The maximum atomic E-state index is 13.3. The summed E-state index contributed by atoms with van der Waals surface area (Å²) in [6.07, 6.45) is 1.50. The molecule has 0 saturated carbocycles. The fourth-order valence-electron chi connectivity index (χ4n) is 1.13. The van der Waals surface area contributed by atoms with Crippen LogP contribution in [0.5, 0.6) is 0 Å². The van der Waals surface area contributed by atoms with Crippen molar-refractivity contribution in [3.05, 3.63) is 39.7 Å². The number of benzene rings is 1. The summed E-state index contributed by atoms with van der Waals surface area (Å²) in [5, 5.41) is 0.879. The van der Waals surface area contributed by atoms with E-state index in [0.717, 1.165) is 0 Å². The van der Waals surface area contributed by atoms with Crippen molar-refractivity contribution < 1.29 is 4.39 Å². The number of nitrogens with zero attached hydrogens (tertiary/aromatic N) is 1. The second kappa shape index (κ2) is 3.24. The van der Waals surface area contributed by atoms with Crippen LogP contribution < -0.4 is 0 Å². The lowest BCUT2D eigenvalue weighted by Gasteiger charge is -1.99. The van der Waals surface area contributed by atoms with Crippen LogP contribution in [0.3, 0.4) is 0 Å². The molecule has 1 nitrogen and oxygen atoms in total. The van der Waals surface area contributed by atoms with E-state index in [1.807, 2.05) is 0 Å². The predicted octanol–water partition coefficient (Wildman–Crippen LogP) is 3.79. The summed E-state index contributed by atoms with van der Waals surface area (Å²) >= 11 is 8.88. The highest BCUT2D eigenvalue weighted by atomic mass is 79.9. The minimum atomic E-state index is -0.320. The van der Waals surface area contributed by atoms with Gasteiger partial charge in [0, 0.05) is 16.1 Å². The topological polar surface area (TPSA) is 12.9 Å². The average Bonchev–Trinajstić information content (AvgIpc) is 2.06. The standard InChI is InChI=1S/C9H4BrClFN/c10-5-1-8(12)7-3-6(11)4-13-9(7)2-5/h1-4H. The summed E-state index contributed by atoms with van der Waals surface area (Å²) < 4.78 is 14.0. The number of rotatable bonds is 0. The third-order valence-electron chi connectivity index (χ3n) is 1.68. The Labute approximate surface area is 87.7 Å². The molecule has 2 rings (SSSR count). The lowest BCUT2D eigenvalue weighted by atomic mass is 10.2. The highest BCUT2D eigenvalue weighted by molar-refractivity contribution is 9.10. The van der Waals surface area contributed by atoms with Gasteiger partial charge in [0.1, 0.15) is 5.82 Å². The molecular formula is C9H4BrClFN. The largest absolute Gasteiger partial charge is 0.255 e. The molecule has 1 aromatic carbocycles. The molecule has 0 aliphatic heterocycles. The molecular weight excluding hydrogens is 256 g/mol. The van der Waals surface area contributed by atoms with E-state index in [1.54, 1.807) is 12.1 Å². The molecule has 0 amide bonds. The first-order valence-electron chi connectivity index (χ1n) is 3.57. The molecule has 0 bridgehead atoms. The molecule has 0 fully saturated rings. The maximum Gasteiger partial charge on any atom is 0.133 e. The minimum absolute atomic E-state index is 0.320. The van der Waals surface area contributed by atoms with E-state index in [2.05, 4.69) is 20.9 Å². The van der Waals surface area contributed by atoms with Gasteiger partial charge in [-0.25, -0.2) is 4.39 Å². The number of aromatic nitrogens is 1. The van der Waals surface area contributed by atoms with Crippen LogP contribution >= 0.6 is 27.5 Å². The van der Waals surface area contributed by atoms with Crippen LogP contribution in [0, 0.1) is 5.82 Å². The van der Waals surface area contributed by atoms with Gasteiger partial charge in [0.2, 0.25) is 0 Å². The molecule has 0 saturated heterocycles. The van der Waals surface area contributed by atoms with Crippen LogP contribution in [0.4, 0.5) is 4.39 Å².